The van der Waals surface area contributed by atoms with Gasteiger partial charge in [-0.3, -0.25) is 4.79 Å². The van der Waals surface area contributed by atoms with Crippen LogP contribution < -0.4 is 5.32 Å². The minimum atomic E-state index is -2.85. The SMILES string of the molecule is CCC(CNC1CCS(=O)(=O)C1)C(=O)OC. The summed E-state index contributed by atoms with van der Waals surface area (Å²) >= 11 is 0. The molecule has 94 valence electrons. The van der Waals surface area contributed by atoms with E-state index in [-0.39, 0.29) is 29.4 Å². The van der Waals surface area contributed by atoms with Crippen LogP contribution in [0.1, 0.15) is 19.8 Å². The first-order chi connectivity index (χ1) is 7.48. The molecule has 0 saturated carbocycles. The largest absolute Gasteiger partial charge is 0.469 e. The van der Waals surface area contributed by atoms with E-state index >= 15 is 0 Å². The van der Waals surface area contributed by atoms with Gasteiger partial charge in [0.15, 0.2) is 9.84 Å². The van der Waals surface area contributed by atoms with Crippen LogP contribution in [0.25, 0.3) is 0 Å². The number of hydrogen-bond acceptors (Lipinski definition) is 5. The summed E-state index contributed by atoms with van der Waals surface area (Å²) in [5, 5.41) is 3.12. The standard InChI is InChI=1S/C10H19NO4S/c1-3-8(10(12)15-2)6-11-9-4-5-16(13,14)7-9/h8-9,11H,3-7H2,1-2H3. The van der Waals surface area contributed by atoms with Crippen molar-refractivity contribution in [3.63, 3.8) is 0 Å². The molecule has 1 heterocycles. The number of sulfone groups is 1. The van der Waals surface area contributed by atoms with Crippen molar-refractivity contribution in [3.05, 3.63) is 0 Å². The van der Waals surface area contributed by atoms with Crippen LogP contribution in [-0.4, -0.2) is 45.6 Å². The van der Waals surface area contributed by atoms with Gasteiger partial charge in [0.05, 0.1) is 24.5 Å². The average molecular weight is 249 g/mol. The van der Waals surface area contributed by atoms with E-state index in [1.54, 1.807) is 0 Å². The van der Waals surface area contributed by atoms with Crippen molar-refractivity contribution in [2.24, 2.45) is 5.92 Å². The highest BCUT2D eigenvalue weighted by atomic mass is 32.2. The zero-order chi connectivity index (χ0) is 12.2. The second kappa shape index (κ2) is 5.63. The van der Waals surface area contributed by atoms with E-state index in [9.17, 15) is 13.2 Å². The lowest BCUT2D eigenvalue weighted by Gasteiger charge is -2.16. The third kappa shape index (κ3) is 3.75. The summed E-state index contributed by atoms with van der Waals surface area (Å²) in [4.78, 5) is 11.3. The van der Waals surface area contributed by atoms with Crippen LogP contribution in [-0.2, 0) is 19.4 Å². The summed E-state index contributed by atoms with van der Waals surface area (Å²) in [6, 6.07) is -0.0105. The maximum absolute atomic E-state index is 11.3. The number of methoxy groups -OCH3 is 1. The smallest absolute Gasteiger partial charge is 0.309 e. The average Bonchev–Trinajstić information content (AvgIpc) is 2.58. The van der Waals surface area contributed by atoms with Gasteiger partial charge in [0, 0.05) is 12.6 Å². The number of carbonyl (C=O) groups excluding carboxylic acids is 1. The van der Waals surface area contributed by atoms with E-state index < -0.39 is 9.84 Å². The Kier molecular flexibility index (Phi) is 4.73. The predicted molar refractivity (Wildman–Crippen MR) is 60.9 cm³/mol. The van der Waals surface area contributed by atoms with Crippen LogP contribution in [0.3, 0.4) is 0 Å². The molecule has 1 aliphatic heterocycles. The van der Waals surface area contributed by atoms with Gasteiger partial charge in [-0.25, -0.2) is 8.42 Å². The zero-order valence-corrected chi connectivity index (χ0v) is 10.5. The molecule has 0 amide bonds. The monoisotopic (exact) mass is 249 g/mol. The van der Waals surface area contributed by atoms with Gasteiger partial charge < -0.3 is 10.1 Å². The van der Waals surface area contributed by atoms with Gasteiger partial charge in [0.2, 0.25) is 0 Å². The van der Waals surface area contributed by atoms with Crippen LogP contribution in [0.4, 0.5) is 0 Å². The van der Waals surface area contributed by atoms with Gasteiger partial charge >= 0.3 is 5.97 Å². The molecular weight excluding hydrogens is 230 g/mol. The quantitative estimate of drug-likeness (QED) is 0.692. The Hall–Kier alpha value is -0.620. The van der Waals surface area contributed by atoms with E-state index in [0.717, 1.165) is 0 Å². The minimum absolute atomic E-state index is 0.0105. The molecule has 6 heteroatoms. The maximum atomic E-state index is 11.3. The first-order valence-corrected chi connectivity index (χ1v) is 7.32. The van der Waals surface area contributed by atoms with E-state index in [1.807, 2.05) is 6.92 Å². The number of nitrogens with one attached hydrogen (secondary N) is 1. The lowest BCUT2D eigenvalue weighted by atomic mass is 10.1. The van der Waals surface area contributed by atoms with E-state index in [0.29, 0.717) is 19.4 Å². The second-order valence-electron chi connectivity index (χ2n) is 4.14. The summed E-state index contributed by atoms with van der Waals surface area (Å²) in [5.74, 6) is 0.00811. The predicted octanol–water partition coefficient (Wildman–Crippen LogP) is -0.0377. The van der Waals surface area contributed by atoms with Crippen molar-refractivity contribution >= 4 is 15.8 Å². The molecule has 1 saturated heterocycles. The van der Waals surface area contributed by atoms with E-state index in [1.165, 1.54) is 7.11 Å². The van der Waals surface area contributed by atoms with Gasteiger partial charge in [0.25, 0.3) is 0 Å². The Morgan fingerprint density at radius 1 is 1.56 bits per heavy atom. The van der Waals surface area contributed by atoms with Crippen LogP contribution in [0.5, 0.6) is 0 Å². The molecule has 2 unspecified atom stereocenters. The van der Waals surface area contributed by atoms with Crippen molar-refractivity contribution in [2.45, 2.75) is 25.8 Å². The Bertz CT molecular complexity index is 339. The maximum Gasteiger partial charge on any atom is 0.309 e. The molecule has 0 aliphatic carbocycles. The van der Waals surface area contributed by atoms with Crippen molar-refractivity contribution in [3.8, 4) is 0 Å². The number of esters is 1. The molecule has 0 radical (unpaired) electrons. The molecule has 0 spiro atoms. The Labute approximate surface area is 96.5 Å². The third-order valence-corrected chi connectivity index (χ3v) is 4.68. The van der Waals surface area contributed by atoms with Gasteiger partial charge in [-0.1, -0.05) is 6.92 Å². The second-order valence-corrected chi connectivity index (χ2v) is 6.37. The molecule has 0 bridgehead atoms. The summed E-state index contributed by atoms with van der Waals surface area (Å²) in [6.07, 6.45) is 1.33. The number of rotatable bonds is 5. The highest BCUT2D eigenvalue weighted by molar-refractivity contribution is 7.91. The molecule has 1 rings (SSSR count). The molecule has 0 aromatic heterocycles. The molecule has 0 aromatic carbocycles. The van der Waals surface area contributed by atoms with E-state index in [2.05, 4.69) is 10.1 Å². The summed E-state index contributed by atoms with van der Waals surface area (Å²) in [7, 11) is -1.49. The van der Waals surface area contributed by atoms with Crippen molar-refractivity contribution in [2.75, 3.05) is 25.2 Å². The van der Waals surface area contributed by atoms with Gasteiger partial charge in [-0.05, 0) is 12.8 Å². The minimum Gasteiger partial charge on any atom is -0.469 e. The van der Waals surface area contributed by atoms with Crippen LogP contribution in [0.2, 0.25) is 0 Å². The number of ether oxygens (including phenoxy) is 1. The van der Waals surface area contributed by atoms with Crippen LogP contribution >= 0.6 is 0 Å². The van der Waals surface area contributed by atoms with E-state index in [4.69, 9.17) is 0 Å². The molecule has 1 fully saturated rings. The fraction of sp³-hybridized carbons (Fsp3) is 0.900. The lowest BCUT2D eigenvalue weighted by Crippen LogP contribution is -2.36. The fourth-order valence-electron chi connectivity index (χ4n) is 1.83. The fourth-order valence-corrected chi connectivity index (χ4v) is 3.53. The lowest BCUT2D eigenvalue weighted by molar-refractivity contribution is -0.145. The molecule has 1 N–H and O–H groups in total. The zero-order valence-electron chi connectivity index (χ0n) is 9.73. The third-order valence-electron chi connectivity index (χ3n) is 2.91. The first kappa shape index (κ1) is 13.4. The van der Waals surface area contributed by atoms with Gasteiger partial charge in [-0.15, -0.1) is 0 Å². The Balaban J connectivity index is 2.37. The molecule has 5 nitrogen and oxygen atoms in total. The summed E-state index contributed by atoms with van der Waals surface area (Å²) in [5.41, 5.74) is 0. The topological polar surface area (TPSA) is 72.5 Å². The Morgan fingerprint density at radius 2 is 2.25 bits per heavy atom. The van der Waals surface area contributed by atoms with Crippen molar-refractivity contribution in [1.29, 1.82) is 0 Å². The highest BCUT2D eigenvalue weighted by Crippen LogP contribution is 2.12. The summed E-state index contributed by atoms with van der Waals surface area (Å²) < 4.78 is 27.1. The first-order valence-electron chi connectivity index (χ1n) is 5.50. The number of carbonyl (C=O) groups is 1. The molecule has 0 aromatic rings. The molecule has 16 heavy (non-hydrogen) atoms. The van der Waals surface area contributed by atoms with Crippen molar-refractivity contribution < 1.29 is 17.9 Å². The molecular formula is C10H19NO4S. The van der Waals surface area contributed by atoms with Crippen molar-refractivity contribution in [1.82, 2.24) is 5.32 Å². The summed E-state index contributed by atoms with van der Waals surface area (Å²) in [6.45, 7) is 2.40. The highest BCUT2D eigenvalue weighted by Gasteiger charge is 2.28. The normalized spacial score (nSPS) is 25.2. The van der Waals surface area contributed by atoms with Crippen LogP contribution in [0.15, 0.2) is 0 Å². The molecule has 1 aliphatic rings. The van der Waals surface area contributed by atoms with Crippen LogP contribution in [0, 0.1) is 5.92 Å². The molecule has 2 atom stereocenters. The Morgan fingerprint density at radius 3 is 2.69 bits per heavy atom. The van der Waals surface area contributed by atoms with Gasteiger partial charge in [-0.2, -0.15) is 0 Å². The van der Waals surface area contributed by atoms with Gasteiger partial charge in [0.1, 0.15) is 0 Å². The number of hydrogen-bond donors (Lipinski definition) is 1.